The van der Waals surface area contributed by atoms with E-state index in [1.165, 1.54) is 0 Å². The second-order valence-electron chi connectivity index (χ2n) is 4.45. The molecule has 0 saturated heterocycles. The largest absolute Gasteiger partial charge is 0.328 e. The number of carbonyl (C=O) groups is 1. The van der Waals surface area contributed by atoms with Crippen molar-refractivity contribution in [3.05, 3.63) is 47.5 Å². The number of halogens is 1. The van der Waals surface area contributed by atoms with Crippen molar-refractivity contribution in [2.24, 2.45) is 0 Å². The number of carbonyl (C=O) groups excluding carboxylic acids is 1. The summed E-state index contributed by atoms with van der Waals surface area (Å²) in [6.45, 7) is 1.11. The number of hydrogen-bond acceptors (Lipinski definition) is 3. The first-order chi connectivity index (χ1) is 9.67. The van der Waals surface area contributed by atoms with Gasteiger partial charge in [0.15, 0.2) is 0 Å². The van der Waals surface area contributed by atoms with E-state index in [0.717, 1.165) is 24.3 Å². The molecule has 0 fully saturated rings. The third-order valence-corrected chi connectivity index (χ3v) is 3.02. The zero-order valence-corrected chi connectivity index (χ0v) is 12.0. The van der Waals surface area contributed by atoms with Gasteiger partial charge in [0.1, 0.15) is 6.54 Å². The van der Waals surface area contributed by atoms with E-state index < -0.39 is 0 Å². The number of hydrogen-bond donors (Lipinski definition) is 2. The van der Waals surface area contributed by atoms with E-state index in [1.54, 1.807) is 35.2 Å². The lowest BCUT2D eigenvalue weighted by molar-refractivity contribution is -0.116. The van der Waals surface area contributed by atoms with Crippen LogP contribution >= 0.6 is 11.6 Å². The van der Waals surface area contributed by atoms with E-state index in [2.05, 4.69) is 15.6 Å². The van der Waals surface area contributed by atoms with Crippen LogP contribution < -0.4 is 10.6 Å². The van der Waals surface area contributed by atoms with Crippen molar-refractivity contribution in [2.75, 3.05) is 18.9 Å². The van der Waals surface area contributed by atoms with Gasteiger partial charge in [-0.2, -0.15) is 0 Å². The molecule has 0 radical (unpaired) electrons. The highest BCUT2D eigenvalue weighted by molar-refractivity contribution is 6.30. The first-order valence-corrected chi connectivity index (χ1v) is 6.76. The molecule has 2 aromatic rings. The zero-order valence-electron chi connectivity index (χ0n) is 11.3. The molecule has 0 bridgehead atoms. The number of imidazole rings is 1. The topological polar surface area (TPSA) is 59.0 Å². The molecule has 20 heavy (non-hydrogen) atoms. The van der Waals surface area contributed by atoms with Gasteiger partial charge in [-0.1, -0.05) is 11.6 Å². The van der Waals surface area contributed by atoms with Gasteiger partial charge in [-0.3, -0.25) is 4.79 Å². The van der Waals surface area contributed by atoms with E-state index in [9.17, 15) is 4.79 Å². The molecule has 0 aliphatic rings. The molecule has 0 unspecified atom stereocenters. The van der Waals surface area contributed by atoms with E-state index in [-0.39, 0.29) is 12.5 Å². The van der Waals surface area contributed by atoms with Crippen molar-refractivity contribution in [2.45, 2.75) is 13.0 Å². The van der Waals surface area contributed by atoms with Crippen LogP contribution in [0, 0.1) is 0 Å². The third kappa shape index (κ3) is 4.36. The SMILES string of the molecule is CNCCc1cn(CC(=O)Nc2ccc(Cl)cc2)cn1. The number of nitrogens with zero attached hydrogens (tertiary/aromatic N) is 2. The van der Waals surface area contributed by atoms with Crippen molar-refractivity contribution >= 4 is 23.2 Å². The fourth-order valence-electron chi connectivity index (χ4n) is 1.77. The van der Waals surface area contributed by atoms with Crippen molar-refractivity contribution in [3.8, 4) is 0 Å². The standard InChI is InChI=1S/C14H17ClN4O/c1-16-7-6-13-8-19(10-17-13)9-14(20)18-12-4-2-11(15)3-5-12/h2-5,8,10,16H,6-7,9H2,1H3,(H,18,20). The second kappa shape index (κ2) is 7.07. The maximum absolute atomic E-state index is 11.9. The van der Waals surface area contributed by atoms with Crippen molar-refractivity contribution in [3.63, 3.8) is 0 Å². The number of benzene rings is 1. The number of likely N-dealkylation sites (N-methyl/N-ethyl adjacent to an activating group) is 1. The highest BCUT2D eigenvalue weighted by Gasteiger charge is 2.05. The van der Waals surface area contributed by atoms with Crippen molar-refractivity contribution < 1.29 is 4.79 Å². The fraction of sp³-hybridized carbons (Fsp3) is 0.286. The summed E-state index contributed by atoms with van der Waals surface area (Å²) in [4.78, 5) is 16.1. The lowest BCUT2D eigenvalue weighted by Gasteiger charge is -2.05. The smallest absolute Gasteiger partial charge is 0.244 e. The van der Waals surface area contributed by atoms with Crippen LogP contribution in [-0.4, -0.2) is 29.1 Å². The average molecular weight is 293 g/mol. The maximum Gasteiger partial charge on any atom is 0.244 e. The molecule has 5 nitrogen and oxygen atoms in total. The van der Waals surface area contributed by atoms with E-state index in [1.807, 2.05) is 13.2 Å². The van der Waals surface area contributed by atoms with Gasteiger partial charge in [-0.05, 0) is 31.3 Å². The molecule has 0 atom stereocenters. The predicted molar refractivity (Wildman–Crippen MR) is 79.9 cm³/mol. The van der Waals surface area contributed by atoms with Gasteiger partial charge in [0.05, 0.1) is 12.0 Å². The summed E-state index contributed by atoms with van der Waals surface area (Å²) in [5.74, 6) is -0.0927. The molecule has 0 aliphatic carbocycles. The van der Waals surface area contributed by atoms with Crippen LogP contribution in [0.4, 0.5) is 5.69 Å². The van der Waals surface area contributed by atoms with Gasteiger partial charge < -0.3 is 15.2 Å². The summed E-state index contributed by atoms with van der Waals surface area (Å²) < 4.78 is 1.77. The highest BCUT2D eigenvalue weighted by Crippen LogP contribution is 2.13. The van der Waals surface area contributed by atoms with E-state index in [0.29, 0.717) is 5.02 Å². The van der Waals surface area contributed by atoms with Gasteiger partial charge in [0.2, 0.25) is 5.91 Å². The maximum atomic E-state index is 11.9. The fourth-order valence-corrected chi connectivity index (χ4v) is 1.90. The van der Waals surface area contributed by atoms with Crippen molar-refractivity contribution in [1.82, 2.24) is 14.9 Å². The Morgan fingerprint density at radius 2 is 2.10 bits per heavy atom. The summed E-state index contributed by atoms with van der Waals surface area (Å²) in [5, 5.41) is 6.52. The Morgan fingerprint density at radius 3 is 2.80 bits per heavy atom. The first-order valence-electron chi connectivity index (χ1n) is 6.38. The molecule has 0 aliphatic heterocycles. The molecular weight excluding hydrogens is 276 g/mol. The normalized spacial score (nSPS) is 10.5. The molecule has 0 spiro atoms. The van der Waals surface area contributed by atoms with Crippen LogP contribution in [0.5, 0.6) is 0 Å². The molecule has 2 N–H and O–H groups in total. The Bertz CT molecular complexity index is 565. The highest BCUT2D eigenvalue weighted by atomic mass is 35.5. The molecule has 1 amide bonds. The molecule has 1 aromatic heterocycles. The molecule has 0 saturated carbocycles. The lowest BCUT2D eigenvalue weighted by atomic mass is 10.3. The quantitative estimate of drug-likeness (QED) is 0.855. The Hall–Kier alpha value is -1.85. The van der Waals surface area contributed by atoms with Gasteiger partial charge >= 0.3 is 0 Å². The molecular formula is C14H17ClN4O. The third-order valence-electron chi connectivity index (χ3n) is 2.77. The summed E-state index contributed by atoms with van der Waals surface area (Å²) in [6.07, 6.45) is 4.41. The molecule has 6 heteroatoms. The van der Waals surface area contributed by atoms with Gasteiger partial charge in [-0.25, -0.2) is 4.98 Å². The number of amides is 1. The number of nitrogens with one attached hydrogen (secondary N) is 2. The van der Waals surface area contributed by atoms with Crippen molar-refractivity contribution in [1.29, 1.82) is 0 Å². The Labute approximate surface area is 123 Å². The number of rotatable bonds is 6. The van der Waals surface area contributed by atoms with Gasteiger partial charge in [0.25, 0.3) is 0 Å². The molecule has 1 heterocycles. The number of aromatic nitrogens is 2. The molecule has 106 valence electrons. The minimum absolute atomic E-state index is 0.0927. The van der Waals surface area contributed by atoms with Crippen LogP contribution in [0.25, 0.3) is 0 Å². The second-order valence-corrected chi connectivity index (χ2v) is 4.88. The van der Waals surface area contributed by atoms with Crippen LogP contribution in [0.2, 0.25) is 5.02 Å². The summed E-state index contributed by atoms with van der Waals surface area (Å²) >= 11 is 5.79. The minimum atomic E-state index is -0.0927. The summed E-state index contributed by atoms with van der Waals surface area (Å²) in [6, 6.07) is 7.02. The van der Waals surface area contributed by atoms with Gasteiger partial charge in [0, 0.05) is 29.9 Å². The number of anilines is 1. The summed E-state index contributed by atoms with van der Waals surface area (Å²) in [7, 11) is 1.90. The van der Waals surface area contributed by atoms with E-state index in [4.69, 9.17) is 11.6 Å². The monoisotopic (exact) mass is 292 g/mol. The Balaban J connectivity index is 1.87. The summed E-state index contributed by atoms with van der Waals surface area (Å²) in [5.41, 5.74) is 1.70. The average Bonchev–Trinajstić information content (AvgIpc) is 2.86. The molecule has 1 aromatic carbocycles. The first kappa shape index (κ1) is 14.6. The van der Waals surface area contributed by atoms with Crippen LogP contribution in [0.3, 0.4) is 0 Å². The van der Waals surface area contributed by atoms with Crippen LogP contribution in [0.1, 0.15) is 5.69 Å². The zero-order chi connectivity index (χ0) is 14.4. The van der Waals surface area contributed by atoms with Crippen LogP contribution in [-0.2, 0) is 17.8 Å². The van der Waals surface area contributed by atoms with Crippen LogP contribution in [0.15, 0.2) is 36.8 Å². The molecule has 2 rings (SSSR count). The minimum Gasteiger partial charge on any atom is -0.328 e. The lowest BCUT2D eigenvalue weighted by Crippen LogP contribution is -2.17. The Morgan fingerprint density at radius 1 is 1.35 bits per heavy atom. The predicted octanol–water partition coefficient (Wildman–Crippen LogP) is 1.94. The van der Waals surface area contributed by atoms with E-state index >= 15 is 0 Å². The van der Waals surface area contributed by atoms with Gasteiger partial charge in [-0.15, -0.1) is 0 Å². The Kier molecular flexibility index (Phi) is 5.15.